The van der Waals surface area contributed by atoms with Gasteiger partial charge in [-0.2, -0.15) is 0 Å². The Kier molecular flexibility index (Phi) is 9.17. The number of halogens is 1. The van der Waals surface area contributed by atoms with E-state index in [1.165, 1.54) is 32.1 Å². The summed E-state index contributed by atoms with van der Waals surface area (Å²) in [4.78, 5) is 16.0. The second-order valence-corrected chi connectivity index (χ2v) is 6.96. The third-order valence-electron chi connectivity index (χ3n) is 4.89. The first-order chi connectivity index (χ1) is 12.7. The Morgan fingerprint density at radius 3 is 2.85 bits per heavy atom. The zero-order chi connectivity index (χ0) is 18.2. The van der Waals surface area contributed by atoms with E-state index in [1.54, 1.807) is 0 Å². The number of guanidine groups is 1. The average Bonchev–Trinajstić information content (AvgIpc) is 2.66. The van der Waals surface area contributed by atoms with E-state index in [9.17, 15) is 4.79 Å². The van der Waals surface area contributed by atoms with Gasteiger partial charge in [-0.25, -0.2) is 4.99 Å². The number of hydrogen-bond donors (Lipinski definition) is 3. The van der Waals surface area contributed by atoms with Gasteiger partial charge in [0.25, 0.3) is 0 Å². The summed E-state index contributed by atoms with van der Waals surface area (Å²) in [6, 6.07) is 6.38. The monoisotopic (exact) mass is 486 g/mol. The van der Waals surface area contributed by atoms with E-state index in [1.807, 2.05) is 18.2 Å². The number of rotatable bonds is 6. The molecule has 3 rings (SSSR count). The number of ether oxygens (including phenoxy) is 1. The number of amides is 1. The fourth-order valence-corrected chi connectivity index (χ4v) is 3.53. The van der Waals surface area contributed by atoms with E-state index < -0.39 is 0 Å². The highest BCUT2D eigenvalue weighted by atomic mass is 127. The molecule has 1 saturated carbocycles. The number of aliphatic imine (C=N–C) groups is 1. The quantitative estimate of drug-likeness (QED) is 0.249. The molecule has 0 saturated heterocycles. The minimum atomic E-state index is 0. The second kappa shape index (κ2) is 11.4. The summed E-state index contributed by atoms with van der Waals surface area (Å²) in [6.07, 6.45) is 7.73. The lowest BCUT2D eigenvalue weighted by molar-refractivity contribution is -0.116. The van der Waals surface area contributed by atoms with E-state index in [2.05, 4.69) is 27.9 Å². The number of fused-ring (bicyclic) bond motifs is 1. The highest BCUT2D eigenvalue weighted by Gasteiger charge is 2.15. The summed E-state index contributed by atoms with van der Waals surface area (Å²) < 4.78 is 5.84. The van der Waals surface area contributed by atoms with Crippen molar-refractivity contribution < 1.29 is 9.53 Å². The van der Waals surface area contributed by atoms with E-state index in [-0.39, 0.29) is 29.9 Å². The lowest BCUT2D eigenvalue weighted by atomic mass is 9.96. The van der Waals surface area contributed by atoms with E-state index in [0.29, 0.717) is 25.6 Å². The van der Waals surface area contributed by atoms with Crippen molar-refractivity contribution in [3.63, 3.8) is 0 Å². The van der Waals surface area contributed by atoms with Gasteiger partial charge in [0, 0.05) is 24.7 Å². The first-order valence-corrected chi connectivity index (χ1v) is 9.85. The Balaban J connectivity index is 0.00000261. The molecule has 1 aromatic rings. The third-order valence-corrected chi connectivity index (χ3v) is 4.89. The van der Waals surface area contributed by atoms with Crippen LogP contribution in [0.4, 0.5) is 5.69 Å². The SMILES string of the molecule is CCNC(=NCCOc1ccc2c(c1)CCC(=O)N2)NC1CCCCC1.I. The largest absolute Gasteiger partial charge is 0.492 e. The van der Waals surface area contributed by atoms with Gasteiger partial charge in [-0.1, -0.05) is 19.3 Å². The van der Waals surface area contributed by atoms with Gasteiger partial charge in [0.05, 0.1) is 6.54 Å². The molecule has 1 aliphatic carbocycles. The molecule has 7 heteroatoms. The van der Waals surface area contributed by atoms with Crippen LogP contribution in [0.3, 0.4) is 0 Å². The standard InChI is InChI=1S/C20H30N4O2.HI/c1-2-21-20(23-16-6-4-3-5-7-16)22-12-13-26-17-9-10-18-15(14-17)8-11-19(25)24-18;/h9-10,14,16H,2-8,11-13H2,1H3,(H,24,25)(H2,21,22,23);1H. The molecule has 1 fully saturated rings. The van der Waals surface area contributed by atoms with Crippen LogP contribution < -0.4 is 20.7 Å². The molecule has 6 nitrogen and oxygen atoms in total. The third kappa shape index (κ3) is 6.86. The Labute approximate surface area is 178 Å². The van der Waals surface area contributed by atoms with E-state index in [0.717, 1.165) is 35.9 Å². The average molecular weight is 486 g/mol. The fraction of sp³-hybridized carbons (Fsp3) is 0.600. The van der Waals surface area contributed by atoms with E-state index in [4.69, 9.17) is 4.74 Å². The Hall–Kier alpha value is -1.51. The predicted octanol–water partition coefficient (Wildman–Crippen LogP) is 3.46. The van der Waals surface area contributed by atoms with Crippen molar-refractivity contribution in [3.05, 3.63) is 23.8 Å². The molecular formula is C20H31IN4O2. The van der Waals surface area contributed by atoms with Crippen molar-refractivity contribution in [1.82, 2.24) is 10.6 Å². The first kappa shape index (κ1) is 21.8. The molecule has 1 amide bonds. The topological polar surface area (TPSA) is 74.8 Å². The maximum atomic E-state index is 11.4. The van der Waals surface area contributed by atoms with Gasteiger partial charge >= 0.3 is 0 Å². The zero-order valence-corrected chi connectivity index (χ0v) is 18.4. The number of aryl methyl sites for hydroxylation is 1. The zero-order valence-electron chi connectivity index (χ0n) is 16.1. The molecule has 2 aliphatic rings. The van der Waals surface area contributed by atoms with Crippen molar-refractivity contribution in [1.29, 1.82) is 0 Å². The molecular weight excluding hydrogens is 455 g/mol. The van der Waals surface area contributed by atoms with E-state index >= 15 is 0 Å². The molecule has 0 bridgehead atoms. The number of nitrogens with zero attached hydrogens (tertiary/aromatic N) is 1. The van der Waals surface area contributed by atoms with Crippen LogP contribution >= 0.6 is 24.0 Å². The number of carbonyl (C=O) groups is 1. The highest BCUT2D eigenvalue weighted by molar-refractivity contribution is 14.0. The molecule has 150 valence electrons. The summed E-state index contributed by atoms with van der Waals surface area (Å²) in [7, 11) is 0. The lowest BCUT2D eigenvalue weighted by Crippen LogP contribution is -2.44. The summed E-state index contributed by atoms with van der Waals surface area (Å²) in [5.41, 5.74) is 2.04. The highest BCUT2D eigenvalue weighted by Crippen LogP contribution is 2.26. The normalized spacial score (nSPS) is 17.4. The van der Waals surface area contributed by atoms with Crippen LogP contribution in [0.2, 0.25) is 0 Å². The van der Waals surface area contributed by atoms with Crippen molar-refractivity contribution >= 4 is 41.5 Å². The van der Waals surface area contributed by atoms with Crippen LogP contribution in [0.15, 0.2) is 23.2 Å². The summed E-state index contributed by atoms with van der Waals surface area (Å²) in [6.45, 7) is 4.08. The van der Waals surface area contributed by atoms with Crippen LogP contribution in [0.25, 0.3) is 0 Å². The number of anilines is 1. The number of benzene rings is 1. The molecule has 0 spiro atoms. The molecule has 3 N–H and O–H groups in total. The van der Waals surface area contributed by atoms with Crippen LogP contribution in [0.5, 0.6) is 5.75 Å². The number of carbonyl (C=O) groups excluding carboxylic acids is 1. The molecule has 0 radical (unpaired) electrons. The van der Waals surface area contributed by atoms with Gasteiger partial charge in [0.1, 0.15) is 12.4 Å². The van der Waals surface area contributed by atoms with Crippen molar-refractivity contribution in [2.45, 2.75) is 57.9 Å². The summed E-state index contributed by atoms with van der Waals surface area (Å²) >= 11 is 0. The molecule has 1 heterocycles. The van der Waals surface area contributed by atoms with Gasteiger partial charge in [0.2, 0.25) is 5.91 Å². The summed E-state index contributed by atoms with van der Waals surface area (Å²) in [5, 5.41) is 9.75. The maximum absolute atomic E-state index is 11.4. The van der Waals surface area contributed by atoms with Gasteiger partial charge in [0.15, 0.2) is 5.96 Å². The fourth-order valence-electron chi connectivity index (χ4n) is 3.53. The Morgan fingerprint density at radius 1 is 1.26 bits per heavy atom. The minimum Gasteiger partial charge on any atom is -0.492 e. The molecule has 0 atom stereocenters. The van der Waals surface area contributed by atoms with Crippen molar-refractivity contribution in [3.8, 4) is 5.75 Å². The molecule has 1 aromatic carbocycles. The first-order valence-electron chi connectivity index (χ1n) is 9.85. The second-order valence-electron chi connectivity index (χ2n) is 6.96. The molecule has 0 aromatic heterocycles. The van der Waals surface area contributed by atoms with Crippen LogP contribution in [-0.2, 0) is 11.2 Å². The number of hydrogen-bond acceptors (Lipinski definition) is 3. The molecule has 27 heavy (non-hydrogen) atoms. The predicted molar refractivity (Wildman–Crippen MR) is 120 cm³/mol. The van der Waals surface area contributed by atoms with Crippen molar-refractivity contribution in [2.24, 2.45) is 4.99 Å². The lowest BCUT2D eigenvalue weighted by Gasteiger charge is -2.24. The molecule has 0 unspecified atom stereocenters. The summed E-state index contributed by atoms with van der Waals surface area (Å²) in [5.74, 6) is 1.80. The van der Waals surface area contributed by atoms with Crippen LogP contribution in [0.1, 0.15) is 51.0 Å². The van der Waals surface area contributed by atoms with Gasteiger partial charge < -0.3 is 20.7 Å². The molecule has 1 aliphatic heterocycles. The van der Waals surface area contributed by atoms with Gasteiger partial charge in [-0.05, 0) is 49.9 Å². The van der Waals surface area contributed by atoms with Crippen LogP contribution in [0, 0.1) is 0 Å². The minimum absolute atomic E-state index is 0. The van der Waals surface area contributed by atoms with Crippen molar-refractivity contribution in [2.75, 3.05) is 25.0 Å². The van der Waals surface area contributed by atoms with Gasteiger partial charge in [-0.15, -0.1) is 24.0 Å². The van der Waals surface area contributed by atoms with Gasteiger partial charge in [-0.3, -0.25) is 4.79 Å². The van der Waals surface area contributed by atoms with Crippen LogP contribution in [-0.4, -0.2) is 37.6 Å². The number of nitrogens with one attached hydrogen (secondary N) is 3. The Morgan fingerprint density at radius 2 is 2.07 bits per heavy atom. The Bertz CT molecular complexity index is 645. The smallest absolute Gasteiger partial charge is 0.224 e. The maximum Gasteiger partial charge on any atom is 0.224 e.